The maximum absolute atomic E-state index is 13.4. The van der Waals surface area contributed by atoms with Crippen LogP contribution in [0.5, 0.6) is 0 Å². The average Bonchev–Trinajstić information content (AvgIpc) is 3.83. The molecule has 5 atom stereocenters. The van der Waals surface area contributed by atoms with Gasteiger partial charge < -0.3 is 25.8 Å². The molecule has 4 N–H and O–H groups in total. The van der Waals surface area contributed by atoms with Crippen LogP contribution >= 0.6 is 0 Å². The third-order valence-corrected chi connectivity index (χ3v) is 7.44. The molecule has 0 spiro atoms. The van der Waals surface area contributed by atoms with Crippen LogP contribution in [0.25, 0.3) is 0 Å². The lowest BCUT2D eigenvalue weighted by Gasteiger charge is -2.28. The molecule has 1 aromatic carbocycles. The summed E-state index contributed by atoms with van der Waals surface area (Å²) in [5.74, 6) is -1.40. The van der Waals surface area contributed by atoms with Gasteiger partial charge in [0.2, 0.25) is 17.7 Å². The van der Waals surface area contributed by atoms with Gasteiger partial charge in [-0.2, -0.15) is 0 Å². The largest absolute Gasteiger partial charge is 0.383 e. The van der Waals surface area contributed by atoms with E-state index in [0.717, 1.165) is 18.4 Å². The Hall–Kier alpha value is -2.78. The van der Waals surface area contributed by atoms with Crippen molar-refractivity contribution in [2.75, 3.05) is 6.61 Å². The van der Waals surface area contributed by atoms with Crippen LogP contribution in [0.15, 0.2) is 30.3 Å². The summed E-state index contributed by atoms with van der Waals surface area (Å²) in [4.78, 5) is 52.5. The van der Waals surface area contributed by atoms with Crippen LogP contribution in [0.3, 0.4) is 0 Å². The van der Waals surface area contributed by atoms with Crippen molar-refractivity contribution < 1.29 is 29.0 Å². The topological polar surface area (TPSA) is 137 Å². The fourth-order valence-electron chi connectivity index (χ4n) is 4.61. The zero-order chi connectivity index (χ0) is 28.7. The smallest absolute Gasteiger partial charge is 0.249 e. The van der Waals surface area contributed by atoms with Crippen molar-refractivity contribution in [3.8, 4) is 0 Å². The van der Waals surface area contributed by atoms with Gasteiger partial charge in [-0.15, -0.1) is 0 Å². The zero-order valence-electron chi connectivity index (χ0n) is 23.9. The van der Waals surface area contributed by atoms with Gasteiger partial charge in [0.1, 0.15) is 23.8 Å². The van der Waals surface area contributed by atoms with Gasteiger partial charge in [-0.1, -0.05) is 70.9 Å². The van der Waals surface area contributed by atoms with Crippen LogP contribution in [-0.4, -0.2) is 65.0 Å². The molecule has 216 valence electrons. The molecule has 1 aliphatic heterocycles. The lowest BCUT2D eigenvalue weighted by molar-refractivity contribution is -0.136. The van der Waals surface area contributed by atoms with Crippen LogP contribution in [0.4, 0.5) is 0 Å². The number of nitrogens with one attached hydrogen (secondary N) is 3. The van der Waals surface area contributed by atoms with Crippen molar-refractivity contribution in [2.24, 2.45) is 17.8 Å². The molecule has 1 aromatic rings. The van der Waals surface area contributed by atoms with Crippen LogP contribution in [0, 0.1) is 17.8 Å². The molecule has 9 heteroatoms. The first-order chi connectivity index (χ1) is 18.4. The molecule has 1 heterocycles. The summed E-state index contributed by atoms with van der Waals surface area (Å²) >= 11 is 0. The minimum atomic E-state index is -1.26. The highest BCUT2D eigenvalue weighted by Gasteiger charge is 2.51. The summed E-state index contributed by atoms with van der Waals surface area (Å²) in [7, 11) is 0. The monoisotopic (exact) mass is 543 g/mol. The predicted molar refractivity (Wildman–Crippen MR) is 148 cm³/mol. The lowest BCUT2D eigenvalue weighted by Crippen LogP contribution is -2.58. The van der Waals surface area contributed by atoms with Crippen LogP contribution in [-0.2, 0) is 30.3 Å². The number of epoxide rings is 1. The van der Waals surface area contributed by atoms with E-state index in [9.17, 15) is 24.3 Å². The standard InChI is InChI=1S/C30H45N3O6/c1-18(2)15-22(32-29(38)24(34)14-13-20-9-7-6-8-10-20)27(36)31-23(16-21-11-12-21)28(37)33-25(19(3)4)26(35)30(5)17-39-30/h6-10,18-19,21-25,34H,11-17H2,1-5H3,(H,31,36)(H,32,38)(H,33,37)/t22-,23-,24-,25-,30+/m0/s1. The van der Waals surface area contributed by atoms with E-state index in [1.165, 1.54) is 0 Å². The molecule has 1 saturated heterocycles. The van der Waals surface area contributed by atoms with E-state index >= 15 is 0 Å². The molecule has 9 nitrogen and oxygen atoms in total. The van der Waals surface area contributed by atoms with Crippen LogP contribution in [0.2, 0.25) is 0 Å². The maximum atomic E-state index is 13.4. The minimum Gasteiger partial charge on any atom is -0.383 e. The second-order valence-electron chi connectivity index (χ2n) is 12.1. The minimum absolute atomic E-state index is 0.0837. The fraction of sp³-hybridized carbons (Fsp3) is 0.667. The Labute approximate surface area is 231 Å². The molecule has 0 bridgehead atoms. The summed E-state index contributed by atoms with van der Waals surface area (Å²) in [6, 6.07) is 7.11. The Bertz CT molecular complexity index is 1000. The van der Waals surface area contributed by atoms with Gasteiger partial charge in [0, 0.05) is 0 Å². The van der Waals surface area contributed by atoms with E-state index in [-0.39, 0.29) is 24.0 Å². The first kappa shape index (κ1) is 30.8. The Morgan fingerprint density at radius 3 is 2.08 bits per heavy atom. The first-order valence-electron chi connectivity index (χ1n) is 14.2. The second-order valence-corrected chi connectivity index (χ2v) is 12.1. The number of aliphatic hydroxyl groups excluding tert-OH is 1. The molecule has 2 aliphatic rings. The predicted octanol–water partition coefficient (Wildman–Crippen LogP) is 2.29. The molecule has 0 radical (unpaired) electrons. The van der Waals surface area contributed by atoms with Crippen molar-refractivity contribution in [2.45, 2.75) is 103 Å². The number of hydrogen-bond donors (Lipinski definition) is 4. The SMILES string of the molecule is CC(C)C[C@H](NC(=O)[C@@H](O)CCc1ccccc1)C(=O)N[C@@H](CC1CC1)C(=O)N[C@H](C(=O)[C@@]1(C)CO1)C(C)C. The summed E-state index contributed by atoms with van der Waals surface area (Å²) in [5, 5.41) is 18.9. The molecule has 0 unspecified atom stereocenters. The van der Waals surface area contributed by atoms with E-state index in [4.69, 9.17) is 4.74 Å². The van der Waals surface area contributed by atoms with Crippen molar-refractivity contribution in [3.63, 3.8) is 0 Å². The highest BCUT2D eigenvalue weighted by molar-refractivity contribution is 5.98. The number of carbonyl (C=O) groups is 4. The lowest BCUT2D eigenvalue weighted by atomic mass is 9.91. The van der Waals surface area contributed by atoms with Crippen LogP contribution < -0.4 is 16.0 Å². The van der Waals surface area contributed by atoms with Crippen molar-refractivity contribution in [1.82, 2.24) is 16.0 Å². The highest BCUT2D eigenvalue weighted by atomic mass is 16.6. The Balaban J connectivity index is 1.64. The van der Waals surface area contributed by atoms with E-state index in [0.29, 0.717) is 31.8 Å². The normalized spacial score (nSPS) is 21.5. The van der Waals surface area contributed by atoms with Crippen molar-refractivity contribution >= 4 is 23.5 Å². The second kappa shape index (κ2) is 13.5. The summed E-state index contributed by atoms with van der Waals surface area (Å²) in [6.45, 7) is 9.65. The third-order valence-electron chi connectivity index (χ3n) is 7.44. The molecule has 3 amide bonds. The van der Waals surface area contributed by atoms with Gasteiger partial charge >= 0.3 is 0 Å². The fourth-order valence-corrected chi connectivity index (χ4v) is 4.61. The Morgan fingerprint density at radius 1 is 0.949 bits per heavy atom. The van der Waals surface area contributed by atoms with E-state index in [1.54, 1.807) is 6.92 Å². The van der Waals surface area contributed by atoms with E-state index in [2.05, 4.69) is 16.0 Å². The quantitative estimate of drug-likeness (QED) is 0.236. The van der Waals surface area contributed by atoms with Gasteiger partial charge in [0.25, 0.3) is 0 Å². The number of benzene rings is 1. The van der Waals surface area contributed by atoms with E-state index in [1.807, 2.05) is 58.0 Å². The third kappa shape index (κ3) is 9.42. The zero-order valence-corrected chi connectivity index (χ0v) is 23.9. The number of aliphatic hydroxyl groups is 1. The Kier molecular flexibility index (Phi) is 10.7. The molecule has 39 heavy (non-hydrogen) atoms. The first-order valence-corrected chi connectivity index (χ1v) is 14.2. The van der Waals surface area contributed by atoms with Gasteiger partial charge in [-0.3, -0.25) is 19.2 Å². The van der Waals surface area contributed by atoms with Gasteiger partial charge in [0.05, 0.1) is 12.6 Å². The molecular formula is C30H45N3O6. The van der Waals surface area contributed by atoms with Gasteiger partial charge in [-0.05, 0) is 55.9 Å². The number of ketones is 1. The summed E-state index contributed by atoms with van der Waals surface area (Å²) in [6.07, 6.45) is 2.28. The number of ether oxygens (including phenoxy) is 1. The molecule has 1 aliphatic carbocycles. The number of hydrogen-bond acceptors (Lipinski definition) is 6. The number of aryl methyl sites for hydroxylation is 1. The van der Waals surface area contributed by atoms with Crippen LogP contribution in [0.1, 0.15) is 72.3 Å². The molecule has 3 rings (SSSR count). The van der Waals surface area contributed by atoms with Gasteiger partial charge in [-0.25, -0.2) is 0 Å². The molecule has 1 saturated carbocycles. The molecule has 0 aromatic heterocycles. The number of carbonyl (C=O) groups excluding carboxylic acids is 4. The van der Waals surface area contributed by atoms with Crippen molar-refractivity contribution in [1.29, 1.82) is 0 Å². The maximum Gasteiger partial charge on any atom is 0.249 e. The highest BCUT2D eigenvalue weighted by Crippen LogP contribution is 2.34. The molecule has 2 fully saturated rings. The summed E-state index contributed by atoms with van der Waals surface area (Å²) in [5.41, 5.74) is 0.140. The molecular weight excluding hydrogens is 498 g/mol. The summed E-state index contributed by atoms with van der Waals surface area (Å²) < 4.78 is 5.31. The average molecular weight is 544 g/mol. The van der Waals surface area contributed by atoms with Gasteiger partial charge in [0.15, 0.2) is 5.78 Å². The number of rotatable bonds is 16. The van der Waals surface area contributed by atoms with Crippen molar-refractivity contribution in [3.05, 3.63) is 35.9 Å². The Morgan fingerprint density at radius 2 is 1.54 bits per heavy atom. The van der Waals surface area contributed by atoms with E-state index < -0.39 is 47.6 Å². The number of amides is 3. The number of Topliss-reactive ketones (excluding diaryl/α,β-unsaturated/α-hetero) is 1.